The second-order valence-electron chi connectivity index (χ2n) is 6.57. The molecule has 2 atom stereocenters. The molecule has 0 saturated heterocycles. The van der Waals surface area contributed by atoms with E-state index < -0.39 is 0 Å². The normalized spacial score (nSPS) is 20.9. The Morgan fingerprint density at radius 2 is 1.91 bits per heavy atom. The Kier molecular flexibility index (Phi) is 7.06. The minimum absolute atomic E-state index is 0.130. The van der Waals surface area contributed by atoms with Crippen molar-refractivity contribution < 1.29 is 4.79 Å². The van der Waals surface area contributed by atoms with E-state index in [0.717, 1.165) is 38.9 Å². The van der Waals surface area contributed by atoms with Crippen molar-refractivity contribution in [2.75, 3.05) is 13.1 Å². The van der Waals surface area contributed by atoms with Gasteiger partial charge in [-0.05, 0) is 43.0 Å². The molecule has 4 nitrogen and oxygen atoms in total. The van der Waals surface area contributed by atoms with Gasteiger partial charge in [0, 0.05) is 25.6 Å². The summed E-state index contributed by atoms with van der Waals surface area (Å²) >= 11 is 0. The van der Waals surface area contributed by atoms with Gasteiger partial charge in [-0.3, -0.25) is 9.69 Å². The Morgan fingerprint density at radius 1 is 1.22 bits per heavy atom. The molecular weight excluding hydrogens is 286 g/mol. The maximum Gasteiger partial charge on any atom is 0.220 e. The molecule has 0 aliphatic heterocycles. The van der Waals surface area contributed by atoms with E-state index in [1.54, 1.807) is 0 Å². The molecular formula is C19H31N3O. The lowest BCUT2D eigenvalue weighted by atomic mass is 9.99. The summed E-state index contributed by atoms with van der Waals surface area (Å²) in [5.74, 6) is 0.492. The molecule has 1 saturated carbocycles. The van der Waals surface area contributed by atoms with Crippen LogP contribution in [0.15, 0.2) is 24.3 Å². The van der Waals surface area contributed by atoms with Crippen molar-refractivity contribution in [1.29, 1.82) is 0 Å². The molecule has 4 heteroatoms. The second-order valence-corrected chi connectivity index (χ2v) is 6.57. The van der Waals surface area contributed by atoms with Gasteiger partial charge in [0.1, 0.15) is 0 Å². The summed E-state index contributed by atoms with van der Waals surface area (Å²) in [5.41, 5.74) is 8.57. The maximum atomic E-state index is 12.2. The molecule has 1 aliphatic rings. The van der Waals surface area contributed by atoms with E-state index in [0.29, 0.717) is 18.9 Å². The molecule has 1 aromatic carbocycles. The highest BCUT2D eigenvalue weighted by atomic mass is 16.1. The van der Waals surface area contributed by atoms with Gasteiger partial charge in [0.15, 0.2) is 0 Å². The predicted molar refractivity (Wildman–Crippen MR) is 94.8 cm³/mol. The number of amides is 1. The molecule has 2 rings (SSSR count). The van der Waals surface area contributed by atoms with Crippen molar-refractivity contribution in [3.05, 3.63) is 35.4 Å². The Labute approximate surface area is 140 Å². The largest absolute Gasteiger partial charge is 0.352 e. The lowest BCUT2D eigenvalue weighted by Gasteiger charge is -2.20. The van der Waals surface area contributed by atoms with Gasteiger partial charge in [0.05, 0.1) is 0 Å². The van der Waals surface area contributed by atoms with Gasteiger partial charge in [-0.1, -0.05) is 44.5 Å². The highest BCUT2D eigenvalue weighted by molar-refractivity contribution is 5.76. The molecule has 0 unspecified atom stereocenters. The lowest BCUT2D eigenvalue weighted by molar-refractivity contribution is -0.122. The number of nitrogens with two attached hydrogens (primary N) is 1. The first-order valence-electron chi connectivity index (χ1n) is 8.95. The Balaban J connectivity index is 1.88. The summed E-state index contributed by atoms with van der Waals surface area (Å²) in [7, 11) is 0. The van der Waals surface area contributed by atoms with Gasteiger partial charge in [-0.25, -0.2) is 0 Å². The minimum Gasteiger partial charge on any atom is -0.352 e. The number of carbonyl (C=O) groups excluding carboxylic acids is 1. The van der Waals surface area contributed by atoms with E-state index in [4.69, 9.17) is 5.73 Å². The van der Waals surface area contributed by atoms with Crippen LogP contribution in [0.2, 0.25) is 0 Å². The van der Waals surface area contributed by atoms with Crippen LogP contribution in [0.25, 0.3) is 0 Å². The first-order valence-corrected chi connectivity index (χ1v) is 8.95. The van der Waals surface area contributed by atoms with Crippen molar-refractivity contribution in [2.45, 2.75) is 58.7 Å². The molecule has 0 spiro atoms. The van der Waals surface area contributed by atoms with Crippen LogP contribution in [0.5, 0.6) is 0 Å². The van der Waals surface area contributed by atoms with Gasteiger partial charge < -0.3 is 11.1 Å². The molecule has 1 aromatic rings. The van der Waals surface area contributed by atoms with Crippen LogP contribution in [0.1, 0.15) is 50.7 Å². The molecule has 0 heterocycles. The molecule has 0 bridgehead atoms. The summed E-state index contributed by atoms with van der Waals surface area (Å²) in [6.45, 7) is 7.98. The third kappa shape index (κ3) is 5.33. The number of carbonyl (C=O) groups is 1. The first kappa shape index (κ1) is 18.0. The molecule has 23 heavy (non-hydrogen) atoms. The zero-order valence-electron chi connectivity index (χ0n) is 14.6. The van der Waals surface area contributed by atoms with Crippen LogP contribution in [0.3, 0.4) is 0 Å². The summed E-state index contributed by atoms with van der Waals surface area (Å²) in [4.78, 5) is 14.6. The molecule has 1 fully saturated rings. The van der Waals surface area contributed by atoms with Crippen LogP contribution in [0, 0.1) is 5.92 Å². The van der Waals surface area contributed by atoms with Crippen LogP contribution in [0.4, 0.5) is 0 Å². The number of nitrogens with zero attached hydrogens (tertiary/aromatic N) is 1. The van der Waals surface area contributed by atoms with Gasteiger partial charge in [0.2, 0.25) is 5.91 Å². The van der Waals surface area contributed by atoms with E-state index in [-0.39, 0.29) is 11.9 Å². The number of nitrogens with one attached hydrogen (secondary N) is 1. The van der Waals surface area contributed by atoms with Crippen LogP contribution < -0.4 is 11.1 Å². The van der Waals surface area contributed by atoms with Gasteiger partial charge >= 0.3 is 0 Å². The van der Waals surface area contributed by atoms with Crippen LogP contribution in [-0.4, -0.2) is 29.9 Å². The highest BCUT2D eigenvalue weighted by Gasteiger charge is 2.25. The zero-order valence-corrected chi connectivity index (χ0v) is 14.6. The van der Waals surface area contributed by atoms with Crippen molar-refractivity contribution >= 4 is 5.91 Å². The van der Waals surface area contributed by atoms with Crippen molar-refractivity contribution in [1.82, 2.24) is 10.2 Å². The summed E-state index contributed by atoms with van der Waals surface area (Å²) < 4.78 is 0. The fourth-order valence-corrected chi connectivity index (χ4v) is 3.40. The molecule has 1 amide bonds. The Hall–Kier alpha value is -1.39. The number of hydrogen-bond acceptors (Lipinski definition) is 3. The predicted octanol–water partition coefficient (Wildman–Crippen LogP) is 2.66. The topological polar surface area (TPSA) is 58.4 Å². The third-order valence-corrected chi connectivity index (χ3v) is 5.05. The summed E-state index contributed by atoms with van der Waals surface area (Å²) in [5, 5.41) is 3.08. The summed E-state index contributed by atoms with van der Waals surface area (Å²) in [6, 6.07) is 8.59. The third-order valence-electron chi connectivity index (χ3n) is 5.05. The van der Waals surface area contributed by atoms with E-state index in [1.807, 2.05) is 6.07 Å². The van der Waals surface area contributed by atoms with E-state index in [1.165, 1.54) is 11.1 Å². The second kappa shape index (κ2) is 9.04. The van der Waals surface area contributed by atoms with Gasteiger partial charge in [-0.15, -0.1) is 0 Å². The number of benzene rings is 1. The number of rotatable bonds is 8. The Morgan fingerprint density at radius 3 is 2.52 bits per heavy atom. The van der Waals surface area contributed by atoms with Crippen LogP contribution in [-0.2, 0) is 17.9 Å². The standard InChI is InChI=1S/C19H31N3O/c1-3-22(4-2)14-17-9-6-5-8-16(17)13-21-19(23)12-15-10-7-11-18(15)20/h5-6,8-9,15,18H,3-4,7,10-14,20H2,1-2H3,(H,21,23)/t15-,18+/m0/s1. The van der Waals surface area contributed by atoms with Crippen molar-refractivity contribution in [3.63, 3.8) is 0 Å². The fourth-order valence-electron chi connectivity index (χ4n) is 3.40. The van der Waals surface area contributed by atoms with Gasteiger partial charge in [-0.2, -0.15) is 0 Å². The quantitative estimate of drug-likeness (QED) is 0.775. The lowest BCUT2D eigenvalue weighted by Crippen LogP contribution is -2.31. The van der Waals surface area contributed by atoms with Crippen molar-refractivity contribution in [2.24, 2.45) is 11.7 Å². The number of hydrogen-bond donors (Lipinski definition) is 2. The average Bonchev–Trinajstić information content (AvgIpc) is 2.96. The average molecular weight is 317 g/mol. The van der Waals surface area contributed by atoms with E-state index in [9.17, 15) is 4.79 Å². The van der Waals surface area contributed by atoms with Crippen molar-refractivity contribution in [3.8, 4) is 0 Å². The van der Waals surface area contributed by atoms with Gasteiger partial charge in [0.25, 0.3) is 0 Å². The molecule has 3 N–H and O–H groups in total. The minimum atomic E-state index is 0.130. The summed E-state index contributed by atoms with van der Waals surface area (Å²) in [6.07, 6.45) is 3.88. The SMILES string of the molecule is CCN(CC)Cc1ccccc1CNC(=O)C[C@@H]1CCC[C@H]1N. The molecule has 1 aliphatic carbocycles. The monoisotopic (exact) mass is 317 g/mol. The highest BCUT2D eigenvalue weighted by Crippen LogP contribution is 2.26. The smallest absolute Gasteiger partial charge is 0.220 e. The fraction of sp³-hybridized carbons (Fsp3) is 0.632. The van der Waals surface area contributed by atoms with E-state index >= 15 is 0 Å². The van der Waals surface area contributed by atoms with E-state index in [2.05, 4.69) is 42.3 Å². The Bertz CT molecular complexity index is 499. The molecule has 0 radical (unpaired) electrons. The molecule has 0 aromatic heterocycles. The maximum absolute atomic E-state index is 12.2. The zero-order chi connectivity index (χ0) is 16.7. The first-order chi connectivity index (χ1) is 11.1. The molecule has 128 valence electrons. The van der Waals surface area contributed by atoms with Crippen LogP contribution >= 0.6 is 0 Å².